The zero-order chi connectivity index (χ0) is 16.9. The van der Waals surface area contributed by atoms with Crippen LogP contribution in [0.1, 0.15) is 37.7 Å². The molecule has 0 heterocycles. The number of rotatable bonds is 3. The molecule has 2 amide bonds. The molecule has 1 saturated carbocycles. The standard InChI is InChI=1S/C16H18ClF3N2O/c17-14-7-6-12(10-13(14)16(18,19)20)22-15(23)21-9-8-11-4-2-1-3-5-11/h6-11H,1-5H2,(H2,21,22,23)/b9-8+. The van der Waals surface area contributed by atoms with Crippen molar-refractivity contribution in [2.24, 2.45) is 5.92 Å². The number of nitrogens with one attached hydrogen (secondary N) is 2. The minimum atomic E-state index is -4.56. The van der Waals surface area contributed by atoms with Gasteiger partial charge in [-0.15, -0.1) is 0 Å². The van der Waals surface area contributed by atoms with Crippen molar-refractivity contribution in [3.05, 3.63) is 41.1 Å². The molecule has 0 saturated heterocycles. The number of carbonyl (C=O) groups excluding carboxylic acids is 1. The van der Waals surface area contributed by atoms with Crippen molar-refractivity contribution in [3.63, 3.8) is 0 Å². The van der Waals surface area contributed by atoms with Crippen molar-refractivity contribution in [2.45, 2.75) is 38.3 Å². The Hall–Kier alpha value is -1.69. The lowest BCUT2D eigenvalue weighted by Crippen LogP contribution is -2.24. The largest absolute Gasteiger partial charge is 0.417 e. The van der Waals surface area contributed by atoms with E-state index < -0.39 is 22.8 Å². The van der Waals surface area contributed by atoms with Crippen LogP contribution in [0.25, 0.3) is 0 Å². The molecular weight excluding hydrogens is 329 g/mol. The molecule has 1 aromatic rings. The Bertz CT molecular complexity index is 581. The van der Waals surface area contributed by atoms with Gasteiger partial charge in [-0.2, -0.15) is 13.2 Å². The average Bonchev–Trinajstić information content (AvgIpc) is 2.49. The van der Waals surface area contributed by atoms with E-state index in [9.17, 15) is 18.0 Å². The number of amides is 2. The van der Waals surface area contributed by atoms with E-state index in [0.29, 0.717) is 5.92 Å². The van der Waals surface area contributed by atoms with Gasteiger partial charge in [0, 0.05) is 11.9 Å². The lowest BCUT2D eigenvalue weighted by molar-refractivity contribution is -0.137. The van der Waals surface area contributed by atoms with Gasteiger partial charge in [-0.25, -0.2) is 4.79 Å². The van der Waals surface area contributed by atoms with Gasteiger partial charge < -0.3 is 10.6 Å². The SMILES string of the molecule is O=C(N/C=C/C1CCCCC1)Nc1ccc(Cl)c(C(F)(F)F)c1. The molecule has 0 unspecified atom stereocenters. The van der Waals surface area contributed by atoms with Crippen molar-refractivity contribution >= 4 is 23.3 Å². The monoisotopic (exact) mass is 346 g/mol. The van der Waals surface area contributed by atoms with Gasteiger partial charge in [-0.05, 0) is 37.0 Å². The van der Waals surface area contributed by atoms with Crippen molar-refractivity contribution in [3.8, 4) is 0 Å². The molecule has 0 atom stereocenters. The van der Waals surface area contributed by atoms with Gasteiger partial charge in [0.1, 0.15) is 0 Å². The fourth-order valence-corrected chi connectivity index (χ4v) is 2.80. The first kappa shape index (κ1) is 17.7. The summed E-state index contributed by atoms with van der Waals surface area (Å²) in [5, 5.41) is 4.46. The Morgan fingerprint density at radius 2 is 1.91 bits per heavy atom. The van der Waals surface area contributed by atoms with E-state index in [0.717, 1.165) is 25.0 Å². The van der Waals surface area contributed by atoms with Crippen molar-refractivity contribution < 1.29 is 18.0 Å². The smallest absolute Gasteiger partial charge is 0.315 e. The second-order valence-corrected chi connectivity index (χ2v) is 5.96. The predicted molar refractivity (Wildman–Crippen MR) is 84.3 cm³/mol. The summed E-state index contributed by atoms with van der Waals surface area (Å²) in [4.78, 5) is 11.7. The van der Waals surface area contributed by atoms with Crippen LogP contribution in [0.15, 0.2) is 30.5 Å². The van der Waals surface area contributed by atoms with Crippen LogP contribution in [0.4, 0.5) is 23.7 Å². The molecule has 126 valence electrons. The summed E-state index contributed by atoms with van der Waals surface area (Å²) in [6.07, 6.45) is 4.74. The number of urea groups is 1. The molecule has 2 rings (SSSR count). The Kier molecular flexibility index (Phi) is 5.93. The average molecular weight is 347 g/mol. The number of alkyl halides is 3. The van der Waals surface area contributed by atoms with Gasteiger partial charge in [0.15, 0.2) is 0 Å². The highest BCUT2D eigenvalue weighted by molar-refractivity contribution is 6.31. The third-order valence-corrected chi connectivity index (χ3v) is 4.09. The minimum absolute atomic E-state index is 0.0327. The molecular formula is C16H18ClF3N2O. The van der Waals surface area contributed by atoms with Crippen LogP contribution in [0.3, 0.4) is 0 Å². The van der Waals surface area contributed by atoms with Crippen LogP contribution >= 0.6 is 11.6 Å². The molecule has 7 heteroatoms. The molecule has 0 radical (unpaired) electrons. The molecule has 0 aromatic heterocycles. The normalized spacial score (nSPS) is 16.5. The number of carbonyl (C=O) groups is 1. The van der Waals surface area contributed by atoms with Crippen molar-refractivity contribution in [2.75, 3.05) is 5.32 Å². The fourth-order valence-electron chi connectivity index (χ4n) is 2.57. The van der Waals surface area contributed by atoms with E-state index >= 15 is 0 Å². The first-order chi connectivity index (χ1) is 10.9. The van der Waals surface area contributed by atoms with Crippen LogP contribution in [0.5, 0.6) is 0 Å². The third kappa shape index (κ3) is 5.46. The van der Waals surface area contributed by atoms with Gasteiger partial charge in [-0.3, -0.25) is 0 Å². The predicted octanol–water partition coefficient (Wildman–Crippen LogP) is 5.57. The maximum atomic E-state index is 12.8. The Labute approximate surface area is 137 Å². The second kappa shape index (κ2) is 7.73. The minimum Gasteiger partial charge on any atom is -0.315 e. The number of benzene rings is 1. The van der Waals surface area contributed by atoms with E-state index in [4.69, 9.17) is 11.6 Å². The number of hydrogen-bond acceptors (Lipinski definition) is 1. The topological polar surface area (TPSA) is 41.1 Å². The number of halogens is 4. The molecule has 23 heavy (non-hydrogen) atoms. The summed E-state index contributed by atoms with van der Waals surface area (Å²) in [6.45, 7) is 0. The molecule has 1 fully saturated rings. The number of allylic oxidation sites excluding steroid dienone is 1. The van der Waals surface area contributed by atoms with Crippen LogP contribution in [-0.2, 0) is 6.18 Å². The number of hydrogen-bond donors (Lipinski definition) is 2. The van der Waals surface area contributed by atoms with Gasteiger partial charge in [0.25, 0.3) is 0 Å². The van der Waals surface area contributed by atoms with Crippen LogP contribution in [0, 0.1) is 5.92 Å². The second-order valence-electron chi connectivity index (χ2n) is 5.55. The highest BCUT2D eigenvalue weighted by Gasteiger charge is 2.33. The van der Waals surface area contributed by atoms with E-state index in [-0.39, 0.29) is 5.69 Å². The van der Waals surface area contributed by atoms with Crippen LogP contribution < -0.4 is 10.6 Å². The Morgan fingerprint density at radius 3 is 2.57 bits per heavy atom. The van der Waals surface area contributed by atoms with E-state index in [2.05, 4.69) is 10.6 Å². The van der Waals surface area contributed by atoms with Gasteiger partial charge in [-0.1, -0.05) is 36.9 Å². The van der Waals surface area contributed by atoms with E-state index in [1.165, 1.54) is 25.3 Å². The van der Waals surface area contributed by atoms with Crippen LogP contribution in [0.2, 0.25) is 5.02 Å². The molecule has 1 aliphatic carbocycles. The molecule has 2 N–H and O–H groups in total. The summed E-state index contributed by atoms with van der Waals surface area (Å²) in [5.74, 6) is 0.455. The summed E-state index contributed by atoms with van der Waals surface area (Å²) >= 11 is 5.53. The summed E-state index contributed by atoms with van der Waals surface area (Å²) in [5.41, 5.74) is -0.944. The first-order valence-electron chi connectivity index (χ1n) is 7.47. The van der Waals surface area contributed by atoms with E-state index in [1.54, 1.807) is 6.20 Å². The summed E-state index contributed by atoms with van der Waals surface area (Å²) < 4.78 is 38.3. The molecule has 0 spiro atoms. The maximum Gasteiger partial charge on any atom is 0.417 e. The van der Waals surface area contributed by atoms with Gasteiger partial charge in [0.05, 0.1) is 10.6 Å². The maximum absolute atomic E-state index is 12.8. The van der Waals surface area contributed by atoms with Crippen molar-refractivity contribution in [1.82, 2.24) is 5.32 Å². The lowest BCUT2D eigenvalue weighted by atomic mass is 9.89. The van der Waals surface area contributed by atoms with Crippen LogP contribution in [-0.4, -0.2) is 6.03 Å². The summed E-state index contributed by atoms with van der Waals surface area (Å²) in [6, 6.07) is 2.65. The zero-order valence-corrected chi connectivity index (χ0v) is 13.2. The third-order valence-electron chi connectivity index (χ3n) is 3.76. The molecule has 1 aliphatic rings. The zero-order valence-electron chi connectivity index (χ0n) is 12.4. The summed E-state index contributed by atoms with van der Waals surface area (Å²) in [7, 11) is 0. The van der Waals surface area contributed by atoms with Gasteiger partial charge >= 0.3 is 12.2 Å². The van der Waals surface area contributed by atoms with E-state index in [1.807, 2.05) is 6.08 Å². The molecule has 0 bridgehead atoms. The number of anilines is 1. The first-order valence-corrected chi connectivity index (χ1v) is 7.85. The molecule has 1 aromatic carbocycles. The Morgan fingerprint density at radius 1 is 1.22 bits per heavy atom. The molecule has 0 aliphatic heterocycles. The lowest BCUT2D eigenvalue weighted by Gasteiger charge is -2.17. The Balaban J connectivity index is 1.91. The van der Waals surface area contributed by atoms with Gasteiger partial charge in [0.2, 0.25) is 0 Å². The highest BCUT2D eigenvalue weighted by Crippen LogP contribution is 2.36. The highest BCUT2D eigenvalue weighted by atomic mass is 35.5. The quantitative estimate of drug-likeness (QED) is 0.737. The molecule has 3 nitrogen and oxygen atoms in total. The van der Waals surface area contributed by atoms with Crippen molar-refractivity contribution in [1.29, 1.82) is 0 Å². The fraction of sp³-hybridized carbons (Fsp3) is 0.438.